The Bertz CT molecular complexity index is 1390. The molecule has 0 spiro atoms. The summed E-state index contributed by atoms with van der Waals surface area (Å²) in [6.07, 6.45) is 2.99. The highest BCUT2D eigenvalue weighted by atomic mass is 16.2. The number of amides is 2. The molecule has 2 aromatic carbocycles. The van der Waals surface area contributed by atoms with Crippen LogP contribution in [0, 0.1) is 0 Å². The number of aromatic nitrogens is 4. The second kappa shape index (κ2) is 7.77. The quantitative estimate of drug-likeness (QED) is 0.540. The Hall–Kier alpha value is -4.27. The molecule has 160 valence electrons. The van der Waals surface area contributed by atoms with Gasteiger partial charge in [0, 0.05) is 12.5 Å². The van der Waals surface area contributed by atoms with Gasteiger partial charge in [0.05, 0.1) is 23.3 Å². The van der Waals surface area contributed by atoms with Gasteiger partial charge in [-0.2, -0.15) is 5.10 Å². The summed E-state index contributed by atoms with van der Waals surface area (Å²) in [7, 11) is 0. The summed E-state index contributed by atoms with van der Waals surface area (Å²) in [5.41, 5.74) is 2.04. The van der Waals surface area contributed by atoms with Crippen LogP contribution in [0.5, 0.6) is 0 Å². The fraction of sp³-hybridized carbons (Fsp3) is 0.174. The molecular weight excluding hydrogens is 408 g/mol. The molecule has 2 amide bonds. The van der Waals surface area contributed by atoms with Crippen LogP contribution in [0.2, 0.25) is 0 Å². The third-order valence-corrected chi connectivity index (χ3v) is 5.49. The average molecular weight is 428 g/mol. The summed E-state index contributed by atoms with van der Waals surface area (Å²) in [6.45, 7) is 1.61. The summed E-state index contributed by atoms with van der Waals surface area (Å²) < 4.78 is 2.87. The van der Waals surface area contributed by atoms with Crippen LogP contribution in [-0.4, -0.2) is 37.2 Å². The number of hydrogen-bond donors (Lipinski definition) is 1. The third-order valence-electron chi connectivity index (χ3n) is 5.49. The summed E-state index contributed by atoms with van der Waals surface area (Å²) in [5.74, 6) is -0.464. The van der Waals surface area contributed by atoms with Crippen molar-refractivity contribution < 1.29 is 9.59 Å². The monoisotopic (exact) mass is 428 g/mol. The number of anilines is 2. The largest absolute Gasteiger partial charge is 0.324 e. The van der Waals surface area contributed by atoms with Gasteiger partial charge in [0.2, 0.25) is 11.8 Å². The summed E-state index contributed by atoms with van der Waals surface area (Å²) in [4.78, 5) is 44.5. The van der Waals surface area contributed by atoms with E-state index in [0.717, 1.165) is 5.69 Å². The van der Waals surface area contributed by atoms with Gasteiger partial charge in [-0.1, -0.05) is 30.3 Å². The van der Waals surface area contributed by atoms with Crippen molar-refractivity contribution in [3.8, 4) is 5.69 Å². The van der Waals surface area contributed by atoms with Gasteiger partial charge in [-0.3, -0.25) is 19.0 Å². The molecule has 0 unspecified atom stereocenters. The molecule has 0 saturated heterocycles. The Balaban J connectivity index is 1.50. The lowest BCUT2D eigenvalue weighted by molar-refractivity contribution is -0.120. The van der Waals surface area contributed by atoms with E-state index < -0.39 is 0 Å². The molecule has 1 N–H and O–H groups in total. The maximum atomic E-state index is 13.3. The van der Waals surface area contributed by atoms with E-state index >= 15 is 0 Å². The molecule has 0 aliphatic carbocycles. The molecule has 1 aliphatic heterocycles. The Morgan fingerprint density at radius 2 is 1.84 bits per heavy atom. The van der Waals surface area contributed by atoms with Crippen molar-refractivity contribution >= 4 is 34.2 Å². The van der Waals surface area contributed by atoms with Crippen LogP contribution in [0.25, 0.3) is 16.7 Å². The maximum absolute atomic E-state index is 13.3. The van der Waals surface area contributed by atoms with Gasteiger partial charge in [0.25, 0.3) is 5.56 Å². The predicted octanol–water partition coefficient (Wildman–Crippen LogP) is 2.35. The fourth-order valence-electron chi connectivity index (χ4n) is 4.01. The highest BCUT2D eigenvalue weighted by Gasteiger charge is 2.30. The van der Waals surface area contributed by atoms with Crippen LogP contribution >= 0.6 is 0 Å². The first kappa shape index (κ1) is 19.7. The first-order chi connectivity index (χ1) is 15.5. The lowest BCUT2D eigenvalue weighted by Gasteiger charge is -2.28. The molecule has 2 aromatic heterocycles. The molecule has 3 heterocycles. The number of benzene rings is 2. The van der Waals surface area contributed by atoms with E-state index in [2.05, 4.69) is 15.4 Å². The zero-order valence-corrected chi connectivity index (χ0v) is 17.3. The molecule has 5 rings (SSSR count). The van der Waals surface area contributed by atoms with E-state index in [4.69, 9.17) is 0 Å². The average Bonchev–Trinajstić information content (AvgIpc) is 3.17. The van der Waals surface area contributed by atoms with Crippen LogP contribution in [0.3, 0.4) is 0 Å². The van der Waals surface area contributed by atoms with Gasteiger partial charge in [0.1, 0.15) is 18.3 Å². The molecule has 0 fully saturated rings. The smallest absolute Gasteiger partial charge is 0.264 e. The molecule has 9 heteroatoms. The molecule has 1 aliphatic rings. The number of fused-ring (bicyclic) bond motifs is 2. The van der Waals surface area contributed by atoms with Gasteiger partial charge in [-0.15, -0.1) is 0 Å². The van der Waals surface area contributed by atoms with Crippen molar-refractivity contribution in [2.75, 3.05) is 10.2 Å². The van der Waals surface area contributed by atoms with E-state index in [0.29, 0.717) is 22.4 Å². The molecule has 4 aromatic rings. The van der Waals surface area contributed by atoms with Crippen molar-refractivity contribution in [3.63, 3.8) is 0 Å². The van der Waals surface area contributed by atoms with Crippen LogP contribution in [0.15, 0.2) is 71.9 Å². The zero-order valence-electron chi connectivity index (χ0n) is 17.3. The Morgan fingerprint density at radius 3 is 2.66 bits per heavy atom. The lowest BCUT2D eigenvalue weighted by Crippen LogP contribution is -2.42. The zero-order chi connectivity index (χ0) is 22.2. The van der Waals surface area contributed by atoms with E-state index in [9.17, 15) is 14.4 Å². The lowest BCUT2D eigenvalue weighted by atomic mass is 10.1. The SMILES string of the molecule is C[C@@H]1CC(=O)Nc2ccccc2N1C(=O)Cn1cnc2c(cnn2-c2ccccc2)c1=O. The molecule has 1 atom stereocenters. The van der Waals surface area contributed by atoms with E-state index in [1.165, 1.54) is 17.1 Å². The van der Waals surface area contributed by atoms with Crippen molar-refractivity contribution in [1.29, 1.82) is 0 Å². The van der Waals surface area contributed by atoms with Crippen LogP contribution in [0.1, 0.15) is 13.3 Å². The molecule has 0 radical (unpaired) electrons. The maximum Gasteiger partial charge on any atom is 0.264 e. The van der Waals surface area contributed by atoms with Crippen LogP contribution in [0.4, 0.5) is 11.4 Å². The van der Waals surface area contributed by atoms with Crippen molar-refractivity contribution in [1.82, 2.24) is 19.3 Å². The second-order valence-electron chi connectivity index (χ2n) is 7.69. The Morgan fingerprint density at radius 1 is 1.09 bits per heavy atom. The first-order valence-electron chi connectivity index (χ1n) is 10.2. The fourth-order valence-corrected chi connectivity index (χ4v) is 4.01. The summed E-state index contributed by atoms with van der Waals surface area (Å²) in [5, 5.41) is 7.45. The van der Waals surface area contributed by atoms with E-state index in [-0.39, 0.29) is 36.4 Å². The number of para-hydroxylation sites is 3. The third kappa shape index (κ3) is 3.33. The highest BCUT2D eigenvalue weighted by molar-refractivity contribution is 6.04. The van der Waals surface area contributed by atoms with Gasteiger partial charge in [-0.25, -0.2) is 9.67 Å². The minimum Gasteiger partial charge on any atom is -0.324 e. The van der Waals surface area contributed by atoms with Gasteiger partial charge in [0.15, 0.2) is 5.65 Å². The summed E-state index contributed by atoms with van der Waals surface area (Å²) in [6, 6.07) is 16.2. The number of nitrogens with one attached hydrogen (secondary N) is 1. The second-order valence-corrected chi connectivity index (χ2v) is 7.69. The number of carbonyl (C=O) groups excluding carboxylic acids is 2. The van der Waals surface area contributed by atoms with Gasteiger partial charge < -0.3 is 10.2 Å². The predicted molar refractivity (Wildman–Crippen MR) is 120 cm³/mol. The minimum absolute atomic E-state index is 0.158. The molecule has 0 saturated carbocycles. The standard InChI is InChI=1S/C23H20N6O3/c1-15-11-20(30)26-18-9-5-6-10-19(18)28(15)21(31)13-27-14-24-22-17(23(27)32)12-25-29(22)16-7-3-2-4-8-16/h2-10,12,14-15H,11,13H2,1H3,(H,26,30)/t15-/m1/s1. The number of nitrogens with zero attached hydrogens (tertiary/aromatic N) is 5. The van der Waals surface area contributed by atoms with Gasteiger partial charge in [-0.05, 0) is 31.2 Å². The van der Waals surface area contributed by atoms with Crippen LogP contribution in [-0.2, 0) is 16.1 Å². The van der Waals surface area contributed by atoms with E-state index in [1.807, 2.05) is 37.3 Å². The van der Waals surface area contributed by atoms with Gasteiger partial charge >= 0.3 is 0 Å². The molecule has 0 bridgehead atoms. The number of carbonyl (C=O) groups is 2. The Labute approximate surface area is 182 Å². The topological polar surface area (TPSA) is 102 Å². The van der Waals surface area contributed by atoms with Crippen molar-refractivity contribution in [3.05, 3.63) is 77.5 Å². The minimum atomic E-state index is -0.362. The number of hydrogen-bond acceptors (Lipinski definition) is 5. The number of rotatable bonds is 3. The normalized spacial score (nSPS) is 15.8. The molecule has 32 heavy (non-hydrogen) atoms. The molecular formula is C23H20N6O3. The first-order valence-corrected chi connectivity index (χ1v) is 10.2. The molecule has 9 nitrogen and oxygen atoms in total. The van der Waals surface area contributed by atoms with Crippen molar-refractivity contribution in [2.24, 2.45) is 0 Å². The van der Waals surface area contributed by atoms with Crippen molar-refractivity contribution in [2.45, 2.75) is 25.9 Å². The van der Waals surface area contributed by atoms with Crippen LogP contribution < -0.4 is 15.8 Å². The van der Waals surface area contributed by atoms with E-state index in [1.54, 1.807) is 33.8 Å². The highest BCUT2D eigenvalue weighted by Crippen LogP contribution is 2.31. The summed E-state index contributed by atoms with van der Waals surface area (Å²) >= 11 is 0. The Kier molecular flexibility index (Phi) is 4.78.